The maximum absolute atomic E-state index is 12.8. The molecule has 10 heteroatoms. The monoisotopic (exact) mass is 501 g/mol. The van der Waals surface area contributed by atoms with Crippen molar-refractivity contribution in [3.05, 3.63) is 57.5 Å². The third kappa shape index (κ3) is 5.93. The molecule has 29 heavy (non-hydrogen) atoms. The van der Waals surface area contributed by atoms with E-state index in [4.69, 9.17) is 16.3 Å². The van der Waals surface area contributed by atoms with Crippen LogP contribution in [0.1, 0.15) is 5.56 Å². The van der Waals surface area contributed by atoms with E-state index in [-0.39, 0.29) is 15.6 Å². The predicted octanol–water partition coefficient (Wildman–Crippen LogP) is 3.49. The summed E-state index contributed by atoms with van der Waals surface area (Å²) in [5.74, 6) is 0. The summed E-state index contributed by atoms with van der Waals surface area (Å²) in [5, 5.41) is 5.63. The third-order valence-electron chi connectivity index (χ3n) is 4.38. The van der Waals surface area contributed by atoms with Crippen molar-refractivity contribution in [2.24, 2.45) is 0 Å². The number of carbonyl (C=O) groups excluding carboxylic acids is 1. The maximum atomic E-state index is 12.8. The van der Waals surface area contributed by atoms with E-state index in [1.807, 2.05) is 24.3 Å². The molecule has 1 heterocycles. The van der Waals surface area contributed by atoms with Crippen LogP contribution < -0.4 is 10.6 Å². The van der Waals surface area contributed by atoms with Crippen LogP contribution in [0.15, 0.2) is 51.8 Å². The predicted molar refractivity (Wildman–Crippen MR) is 116 cm³/mol. The van der Waals surface area contributed by atoms with Crippen LogP contribution in [-0.2, 0) is 21.2 Å². The highest BCUT2D eigenvalue weighted by atomic mass is 79.9. The second kappa shape index (κ2) is 9.90. The summed E-state index contributed by atoms with van der Waals surface area (Å²) < 4.78 is 33.1. The van der Waals surface area contributed by atoms with E-state index >= 15 is 0 Å². The molecule has 2 aromatic rings. The molecule has 0 radical (unpaired) electrons. The molecule has 0 spiro atoms. The van der Waals surface area contributed by atoms with Crippen LogP contribution >= 0.6 is 27.5 Å². The minimum absolute atomic E-state index is 0.0771. The van der Waals surface area contributed by atoms with Gasteiger partial charge < -0.3 is 15.4 Å². The van der Waals surface area contributed by atoms with Crippen LogP contribution in [0, 0.1) is 0 Å². The van der Waals surface area contributed by atoms with Gasteiger partial charge in [-0.1, -0.05) is 39.7 Å². The fourth-order valence-electron chi connectivity index (χ4n) is 2.88. The molecule has 1 saturated heterocycles. The molecular formula is C19H21BrClN3O4S. The van der Waals surface area contributed by atoms with Crippen LogP contribution in [-0.4, -0.2) is 51.6 Å². The first-order chi connectivity index (χ1) is 13.9. The first-order valence-electron chi connectivity index (χ1n) is 9.03. The summed E-state index contributed by atoms with van der Waals surface area (Å²) in [7, 11) is -3.68. The summed E-state index contributed by atoms with van der Waals surface area (Å²) in [5.41, 5.74) is 1.32. The van der Waals surface area contributed by atoms with E-state index in [1.165, 1.54) is 22.5 Å². The molecule has 0 aromatic heterocycles. The van der Waals surface area contributed by atoms with Crippen LogP contribution in [0.4, 0.5) is 10.5 Å². The molecule has 1 fully saturated rings. The summed E-state index contributed by atoms with van der Waals surface area (Å²) in [6, 6.07) is 11.6. The quantitative estimate of drug-likeness (QED) is 0.633. The number of nitrogens with one attached hydrogen (secondary N) is 2. The Morgan fingerprint density at radius 1 is 1.17 bits per heavy atom. The summed E-state index contributed by atoms with van der Waals surface area (Å²) in [6.45, 7) is 1.73. The van der Waals surface area contributed by atoms with Crippen molar-refractivity contribution < 1.29 is 17.9 Å². The summed E-state index contributed by atoms with van der Waals surface area (Å²) >= 11 is 9.56. The highest BCUT2D eigenvalue weighted by molar-refractivity contribution is 9.10. The van der Waals surface area contributed by atoms with Crippen molar-refractivity contribution in [2.45, 2.75) is 11.3 Å². The van der Waals surface area contributed by atoms with Crippen LogP contribution in [0.25, 0.3) is 0 Å². The van der Waals surface area contributed by atoms with Crippen molar-refractivity contribution >= 4 is 49.3 Å². The van der Waals surface area contributed by atoms with Gasteiger partial charge in [0.25, 0.3) is 0 Å². The van der Waals surface area contributed by atoms with Gasteiger partial charge in [0.2, 0.25) is 10.0 Å². The second-order valence-corrected chi connectivity index (χ2v) is 9.68. The second-order valence-electron chi connectivity index (χ2n) is 6.42. The Morgan fingerprint density at radius 2 is 1.93 bits per heavy atom. The molecule has 0 saturated carbocycles. The van der Waals surface area contributed by atoms with Crippen molar-refractivity contribution in [1.82, 2.24) is 9.62 Å². The van der Waals surface area contributed by atoms with Gasteiger partial charge in [0.15, 0.2) is 0 Å². The van der Waals surface area contributed by atoms with Gasteiger partial charge >= 0.3 is 6.03 Å². The Labute approximate surface area is 183 Å². The molecule has 0 aliphatic carbocycles. The Morgan fingerprint density at radius 3 is 2.66 bits per heavy atom. The smallest absolute Gasteiger partial charge is 0.319 e. The van der Waals surface area contributed by atoms with Crippen molar-refractivity contribution in [3.63, 3.8) is 0 Å². The number of anilines is 1. The Bertz CT molecular complexity index is 981. The highest BCUT2D eigenvalue weighted by Crippen LogP contribution is 2.27. The molecule has 2 aromatic carbocycles. The number of hydrogen-bond acceptors (Lipinski definition) is 4. The summed E-state index contributed by atoms with van der Waals surface area (Å²) in [6.07, 6.45) is 0.659. The van der Waals surface area contributed by atoms with E-state index in [2.05, 4.69) is 26.6 Å². The van der Waals surface area contributed by atoms with Crippen molar-refractivity contribution in [1.29, 1.82) is 0 Å². The lowest BCUT2D eigenvalue weighted by molar-refractivity contribution is 0.0730. The van der Waals surface area contributed by atoms with Gasteiger partial charge in [0, 0.05) is 24.1 Å². The number of sulfonamides is 1. The van der Waals surface area contributed by atoms with Gasteiger partial charge in [0.1, 0.15) is 0 Å². The van der Waals surface area contributed by atoms with E-state index in [1.54, 1.807) is 0 Å². The topological polar surface area (TPSA) is 87.7 Å². The van der Waals surface area contributed by atoms with Gasteiger partial charge in [0.05, 0.1) is 28.8 Å². The zero-order valence-corrected chi connectivity index (χ0v) is 18.7. The molecule has 0 atom stereocenters. The number of benzene rings is 2. The number of nitrogens with zero attached hydrogens (tertiary/aromatic N) is 1. The van der Waals surface area contributed by atoms with Crippen molar-refractivity contribution in [3.8, 4) is 0 Å². The maximum Gasteiger partial charge on any atom is 0.319 e. The van der Waals surface area contributed by atoms with E-state index in [9.17, 15) is 13.2 Å². The van der Waals surface area contributed by atoms with Crippen LogP contribution in [0.5, 0.6) is 0 Å². The number of amides is 2. The van der Waals surface area contributed by atoms with Gasteiger partial charge in [-0.15, -0.1) is 0 Å². The largest absolute Gasteiger partial charge is 0.379 e. The number of rotatable bonds is 6. The normalized spacial score (nSPS) is 15.1. The standard InChI is InChI=1S/C19H21BrClN3O4S/c20-15-3-1-2-14(12-15)6-7-22-19(25)23-18-13-16(4-5-17(18)21)29(26,27)24-8-10-28-11-9-24/h1-5,12-13H,6-11H2,(H2,22,23,25). The van der Waals surface area contributed by atoms with E-state index in [0.717, 1.165) is 10.0 Å². The molecule has 156 valence electrons. The minimum atomic E-state index is -3.68. The number of hydrogen-bond donors (Lipinski definition) is 2. The molecule has 2 amide bonds. The zero-order chi connectivity index (χ0) is 20.9. The lowest BCUT2D eigenvalue weighted by Gasteiger charge is -2.26. The fourth-order valence-corrected chi connectivity index (χ4v) is 4.92. The van der Waals surface area contributed by atoms with Gasteiger partial charge in [-0.25, -0.2) is 13.2 Å². The molecule has 0 bridgehead atoms. The van der Waals surface area contributed by atoms with Gasteiger partial charge in [-0.2, -0.15) is 4.31 Å². The number of urea groups is 1. The Balaban J connectivity index is 1.62. The molecular weight excluding hydrogens is 482 g/mol. The Hall–Kier alpha value is -1.65. The number of ether oxygens (including phenoxy) is 1. The number of carbonyl (C=O) groups is 1. The first-order valence-corrected chi connectivity index (χ1v) is 11.6. The Kier molecular flexibility index (Phi) is 7.53. The zero-order valence-electron chi connectivity index (χ0n) is 15.5. The van der Waals surface area contributed by atoms with Crippen molar-refractivity contribution in [2.75, 3.05) is 38.2 Å². The van der Waals surface area contributed by atoms with Gasteiger partial charge in [-0.05, 0) is 42.3 Å². The first kappa shape index (κ1) is 22.0. The van der Waals surface area contributed by atoms with Crippen LogP contribution in [0.3, 0.4) is 0 Å². The molecule has 3 rings (SSSR count). The van der Waals surface area contributed by atoms with Crippen LogP contribution in [0.2, 0.25) is 5.02 Å². The third-order valence-corrected chi connectivity index (χ3v) is 7.10. The average Bonchev–Trinajstić information content (AvgIpc) is 2.70. The lowest BCUT2D eigenvalue weighted by Crippen LogP contribution is -2.40. The molecule has 1 aliphatic rings. The lowest BCUT2D eigenvalue weighted by atomic mass is 10.1. The highest BCUT2D eigenvalue weighted by Gasteiger charge is 2.27. The summed E-state index contributed by atoms with van der Waals surface area (Å²) in [4.78, 5) is 12.3. The number of halogens is 2. The van der Waals surface area contributed by atoms with E-state index in [0.29, 0.717) is 39.3 Å². The number of morpholine rings is 1. The van der Waals surface area contributed by atoms with E-state index < -0.39 is 16.1 Å². The molecule has 7 nitrogen and oxygen atoms in total. The molecule has 0 unspecified atom stereocenters. The molecule has 1 aliphatic heterocycles. The van der Waals surface area contributed by atoms with Gasteiger partial charge in [-0.3, -0.25) is 0 Å². The SMILES string of the molecule is O=C(NCCc1cccc(Br)c1)Nc1cc(S(=O)(=O)N2CCOCC2)ccc1Cl. The average molecular weight is 503 g/mol. The fraction of sp³-hybridized carbons (Fsp3) is 0.316. The minimum Gasteiger partial charge on any atom is -0.379 e. The molecule has 2 N–H and O–H groups in total.